The van der Waals surface area contributed by atoms with Gasteiger partial charge in [0.1, 0.15) is 6.10 Å². The molecule has 1 aliphatic rings. The van der Waals surface area contributed by atoms with Crippen LogP contribution in [0.3, 0.4) is 0 Å². The molecule has 0 unspecified atom stereocenters. The number of benzene rings is 2. The zero-order valence-electron chi connectivity index (χ0n) is 12.0. The van der Waals surface area contributed by atoms with Gasteiger partial charge in [-0.05, 0) is 28.8 Å². The van der Waals surface area contributed by atoms with Gasteiger partial charge in [-0.1, -0.05) is 30.3 Å². The van der Waals surface area contributed by atoms with Crippen molar-refractivity contribution in [2.45, 2.75) is 25.4 Å². The predicted octanol–water partition coefficient (Wildman–Crippen LogP) is 3.31. The molecule has 0 saturated carbocycles. The molecule has 0 bridgehead atoms. The molecule has 106 valence electrons. The Balaban J connectivity index is 1.79. The van der Waals surface area contributed by atoms with Crippen LogP contribution in [-0.4, -0.2) is 13.2 Å². The van der Waals surface area contributed by atoms with Crippen molar-refractivity contribution in [3.63, 3.8) is 0 Å². The van der Waals surface area contributed by atoms with Gasteiger partial charge < -0.3 is 9.47 Å². The smallest absolute Gasteiger partial charge is 0.161 e. The molecule has 3 heteroatoms. The van der Waals surface area contributed by atoms with E-state index in [0.717, 1.165) is 24.2 Å². The van der Waals surface area contributed by atoms with E-state index < -0.39 is 0 Å². The van der Waals surface area contributed by atoms with Crippen LogP contribution in [0, 0.1) is 11.3 Å². The molecule has 0 fully saturated rings. The molecule has 1 aliphatic carbocycles. The first-order chi connectivity index (χ1) is 10.3. The number of hydrogen-bond acceptors (Lipinski definition) is 3. The van der Waals surface area contributed by atoms with Gasteiger partial charge in [-0.3, -0.25) is 0 Å². The van der Waals surface area contributed by atoms with E-state index in [2.05, 4.69) is 30.3 Å². The summed E-state index contributed by atoms with van der Waals surface area (Å²) in [5.74, 6) is 1.44. The highest BCUT2D eigenvalue weighted by Gasteiger charge is 2.23. The third kappa shape index (κ3) is 2.85. The van der Waals surface area contributed by atoms with Crippen LogP contribution in [0.2, 0.25) is 0 Å². The van der Waals surface area contributed by atoms with Gasteiger partial charge in [-0.2, -0.15) is 5.26 Å². The van der Waals surface area contributed by atoms with E-state index in [1.807, 2.05) is 18.2 Å². The lowest BCUT2D eigenvalue weighted by atomic mass is 10.1. The fraction of sp³-hybridized carbons (Fsp3) is 0.278. The van der Waals surface area contributed by atoms with Gasteiger partial charge in [0.25, 0.3) is 0 Å². The molecule has 2 aromatic rings. The predicted molar refractivity (Wildman–Crippen MR) is 80.6 cm³/mol. The average Bonchev–Trinajstić information content (AvgIpc) is 2.90. The highest BCUT2D eigenvalue weighted by Crippen LogP contribution is 2.32. The Bertz CT molecular complexity index is 663. The van der Waals surface area contributed by atoms with Gasteiger partial charge in [0.05, 0.1) is 19.6 Å². The molecule has 0 atom stereocenters. The lowest BCUT2D eigenvalue weighted by Gasteiger charge is -2.16. The van der Waals surface area contributed by atoms with Crippen molar-refractivity contribution in [1.29, 1.82) is 5.26 Å². The summed E-state index contributed by atoms with van der Waals surface area (Å²) in [6, 6.07) is 16.3. The summed E-state index contributed by atoms with van der Waals surface area (Å²) in [6.07, 6.45) is 2.35. The number of ether oxygens (including phenoxy) is 2. The number of nitriles is 1. The lowest BCUT2D eigenvalue weighted by Crippen LogP contribution is -2.16. The normalized spacial score (nSPS) is 13.5. The Labute approximate surface area is 124 Å². The zero-order valence-corrected chi connectivity index (χ0v) is 12.0. The Morgan fingerprint density at radius 1 is 1.10 bits per heavy atom. The maximum absolute atomic E-state index is 8.82. The summed E-state index contributed by atoms with van der Waals surface area (Å²) in [5.41, 5.74) is 3.66. The monoisotopic (exact) mass is 279 g/mol. The number of nitrogens with zero attached hydrogens (tertiary/aromatic N) is 1. The summed E-state index contributed by atoms with van der Waals surface area (Å²) in [6.45, 7) is 0. The van der Waals surface area contributed by atoms with Gasteiger partial charge in [0, 0.05) is 12.8 Å². The summed E-state index contributed by atoms with van der Waals surface area (Å²) >= 11 is 0. The van der Waals surface area contributed by atoms with Crippen molar-refractivity contribution in [3.05, 3.63) is 59.2 Å². The van der Waals surface area contributed by atoms with Gasteiger partial charge in [-0.25, -0.2) is 0 Å². The molecule has 21 heavy (non-hydrogen) atoms. The molecule has 3 rings (SSSR count). The molecular weight excluding hydrogens is 262 g/mol. The fourth-order valence-corrected chi connectivity index (χ4v) is 2.80. The van der Waals surface area contributed by atoms with Crippen molar-refractivity contribution in [3.8, 4) is 17.6 Å². The average molecular weight is 279 g/mol. The first-order valence-electron chi connectivity index (χ1n) is 7.07. The second kappa shape index (κ2) is 5.88. The molecule has 0 heterocycles. The van der Waals surface area contributed by atoms with Crippen LogP contribution in [-0.2, 0) is 19.3 Å². The highest BCUT2D eigenvalue weighted by molar-refractivity contribution is 5.44. The second-order valence-corrected chi connectivity index (χ2v) is 5.24. The van der Waals surface area contributed by atoms with Crippen molar-refractivity contribution in [2.75, 3.05) is 7.11 Å². The van der Waals surface area contributed by atoms with Crippen LogP contribution in [0.15, 0.2) is 42.5 Å². The number of methoxy groups -OCH3 is 1. The molecule has 0 aromatic heterocycles. The third-order valence-electron chi connectivity index (χ3n) is 3.82. The summed E-state index contributed by atoms with van der Waals surface area (Å²) in [4.78, 5) is 0. The lowest BCUT2D eigenvalue weighted by molar-refractivity contribution is 0.204. The first kappa shape index (κ1) is 13.5. The highest BCUT2D eigenvalue weighted by atomic mass is 16.5. The molecule has 2 aromatic carbocycles. The zero-order chi connectivity index (χ0) is 14.7. The number of fused-ring (bicyclic) bond motifs is 1. The quantitative estimate of drug-likeness (QED) is 0.862. The largest absolute Gasteiger partial charge is 0.493 e. The summed E-state index contributed by atoms with van der Waals surface area (Å²) in [7, 11) is 1.63. The Morgan fingerprint density at radius 3 is 2.43 bits per heavy atom. The number of rotatable bonds is 4. The van der Waals surface area contributed by atoms with Crippen LogP contribution in [0.25, 0.3) is 0 Å². The fourth-order valence-electron chi connectivity index (χ4n) is 2.80. The summed E-state index contributed by atoms with van der Waals surface area (Å²) in [5, 5.41) is 8.82. The Kier molecular flexibility index (Phi) is 3.79. The SMILES string of the molecule is COc1ccc(CC#N)cc1OC1Cc2ccccc2C1. The van der Waals surface area contributed by atoms with Gasteiger partial charge in [-0.15, -0.1) is 0 Å². The van der Waals surface area contributed by atoms with Crippen molar-refractivity contribution in [1.82, 2.24) is 0 Å². The molecule has 0 saturated heterocycles. The first-order valence-corrected chi connectivity index (χ1v) is 7.07. The molecule has 3 nitrogen and oxygen atoms in total. The van der Waals surface area contributed by atoms with Crippen LogP contribution in [0.1, 0.15) is 16.7 Å². The van der Waals surface area contributed by atoms with Crippen LogP contribution < -0.4 is 9.47 Å². The van der Waals surface area contributed by atoms with Gasteiger partial charge >= 0.3 is 0 Å². The molecule has 0 radical (unpaired) electrons. The van der Waals surface area contributed by atoms with Crippen molar-refractivity contribution < 1.29 is 9.47 Å². The minimum Gasteiger partial charge on any atom is -0.493 e. The van der Waals surface area contributed by atoms with Crippen molar-refractivity contribution >= 4 is 0 Å². The minimum atomic E-state index is 0.133. The molecule has 0 N–H and O–H groups in total. The Hall–Kier alpha value is -2.47. The Morgan fingerprint density at radius 2 is 1.81 bits per heavy atom. The van der Waals surface area contributed by atoms with E-state index in [1.54, 1.807) is 7.11 Å². The van der Waals surface area contributed by atoms with E-state index in [1.165, 1.54) is 11.1 Å². The minimum absolute atomic E-state index is 0.133. The van der Waals surface area contributed by atoms with E-state index in [0.29, 0.717) is 12.2 Å². The molecule has 0 aliphatic heterocycles. The van der Waals surface area contributed by atoms with Crippen LogP contribution in [0.4, 0.5) is 0 Å². The third-order valence-corrected chi connectivity index (χ3v) is 3.82. The van der Waals surface area contributed by atoms with Crippen molar-refractivity contribution in [2.24, 2.45) is 0 Å². The number of hydrogen-bond donors (Lipinski definition) is 0. The molecule has 0 spiro atoms. The van der Waals surface area contributed by atoms with E-state index >= 15 is 0 Å². The van der Waals surface area contributed by atoms with Gasteiger partial charge in [0.2, 0.25) is 0 Å². The maximum Gasteiger partial charge on any atom is 0.161 e. The summed E-state index contributed by atoms with van der Waals surface area (Å²) < 4.78 is 11.5. The van der Waals surface area contributed by atoms with Crippen LogP contribution in [0.5, 0.6) is 11.5 Å². The van der Waals surface area contributed by atoms with E-state index in [4.69, 9.17) is 14.7 Å². The van der Waals surface area contributed by atoms with E-state index in [9.17, 15) is 0 Å². The molecular formula is C18H17NO2. The van der Waals surface area contributed by atoms with E-state index in [-0.39, 0.29) is 6.10 Å². The maximum atomic E-state index is 8.82. The topological polar surface area (TPSA) is 42.2 Å². The van der Waals surface area contributed by atoms with Crippen LogP contribution >= 0.6 is 0 Å². The second-order valence-electron chi connectivity index (χ2n) is 5.24. The standard InChI is InChI=1S/C18H17NO2/c1-20-17-7-6-13(8-9-19)10-18(17)21-16-11-14-4-2-3-5-15(14)12-16/h2-7,10,16H,8,11-12H2,1H3. The molecule has 0 amide bonds. The van der Waals surface area contributed by atoms with Gasteiger partial charge in [0.15, 0.2) is 11.5 Å².